The molecular formula is C14H20O2. The molecular weight excluding hydrogens is 200 g/mol. The summed E-state index contributed by atoms with van der Waals surface area (Å²) in [5.41, 5.74) is 2.23. The molecule has 0 aromatic heterocycles. The lowest BCUT2D eigenvalue weighted by atomic mass is 9.98. The van der Waals surface area contributed by atoms with Crippen LogP contribution in [0.4, 0.5) is 0 Å². The molecule has 1 saturated heterocycles. The summed E-state index contributed by atoms with van der Waals surface area (Å²) in [7, 11) is 0. The Morgan fingerprint density at radius 1 is 1.31 bits per heavy atom. The van der Waals surface area contributed by atoms with Gasteiger partial charge in [-0.25, -0.2) is 0 Å². The third-order valence-corrected chi connectivity index (χ3v) is 3.22. The van der Waals surface area contributed by atoms with Crippen LogP contribution in [-0.4, -0.2) is 17.8 Å². The molecule has 0 saturated carbocycles. The first-order chi connectivity index (χ1) is 7.75. The molecule has 1 aromatic carbocycles. The lowest BCUT2D eigenvalue weighted by molar-refractivity contribution is -0.0155. The Kier molecular flexibility index (Phi) is 3.97. The minimum atomic E-state index is -0.385. The molecule has 2 heteroatoms. The van der Waals surface area contributed by atoms with Crippen LogP contribution in [-0.2, 0) is 4.74 Å². The number of ether oxygens (including phenoxy) is 1. The highest BCUT2D eigenvalue weighted by molar-refractivity contribution is 5.23. The maximum absolute atomic E-state index is 10.1. The van der Waals surface area contributed by atoms with E-state index in [1.807, 2.05) is 24.3 Å². The van der Waals surface area contributed by atoms with E-state index in [0.717, 1.165) is 31.4 Å². The number of benzene rings is 1. The Morgan fingerprint density at radius 3 is 2.69 bits per heavy atom. The average Bonchev–Trinajstić information content (AvgIpc) is 2.31. The summed E-state index contributed by atoms with van der Waals surface area (Å²) in [5, 5.41) is 10.1. The first-order valence-corrected chi connectivity index (χ1v) is 6.12. The number of aliphatic hydroxyl groups excluding tert-OH is 1. The molecule has 2 rings (SSSR count). The molecule has 0 radical (unpaired) electrons. The lowest BCUT2D eigenvalue weighted by Gasteiger charge is -2.24. The molecule has 0 amide bonds. The first kappa shape index (κ1) is 11.6. The fourth-order valence-electron chi connectivity index (χ4n) is 2.17. The summed E-state index contributed by atoms with van der Waals surface area (Å²) < 4.78 is 5.63. The topological polar surface area (TPSA) is 29.5 Å². The van der Waals surface area contributed by atoms with E-state index >= 15 is 0 Å². The molecule has 1 fully saturated rings. The Labute approximate surface area is 97.3 Å². The van der Waals surface area contributed by atoms with E-state index in [1.54, 1.807) is 0 Å². The van der Waals surface area contributed by atoms with Crippen LogP contribution >= 0.6 is 0 Å². The van der Waals surface area contributed by atoms with Crippen molar-refractivity contribution in [2.24, 2.45) is 0 Å². The summed E-state index contributed by atoms with van der Waals surface area (Å²) in [6.07, 6.45) is 4.06. The smallest absolute Gasteiger partial charge is 0.0814 e. The van der Waals surface area contributed by atoms with Crippen LogP contribution in [0.5, 0.6) is 0 Å². The van der Waals surface area contributed by atoms with E-state index in [0.29, 0.717) is 0 Å². The van der Waals surface area contributed by atoms with Gasteiger partial charge in [0.2, 0.25) is 0 Å². The molecule has 1 aromatic rings. The summed E-state index contributed by atoms with van der Waals surface area (Å²) in [6, 6.07) is 8.09. The molecule has 16 heavy (non-hydrogen) atoms. The van der Waals surface area contributed by atoms with Crippen molar-refractivity contribution in [3.8, 4) is 0 Å². The molecule has 1 heterocycles. The molecule has 0 bridgehead atoms. The molecule has 0 spiro atoms. The highest BCUT2D eigenvalue weighted by Gasteiger charge is 2.18. The van der Waals surface area contributed by atoms with Gasteiger partial charge in [0.1, 0.15) is 0 Å². The van der Waals surface area contributed by atoms with Crippen LogP contribution in [0.15, 0.2) is 24.3 Å². The molecule has 2 atom stereocenters. The molecule has 88 valence electrons. The van der Waals surface area contributed by atoms with Crippen LogP contribution in [0.1, 0.15) is 42.9 Å². The van der Waals surface area contributed by atoms with Crippen LogP contribution in [0, 0.1) is 6.92 Å². The van der Waals surface area contributed by atoms with E-state index < -0.39 is 0 Å². The maximum atomic E-state index is 10.1. The largest absolute Gasteiger partial charge is 0.388 e. The van der Waals surface area contributed by atoms with Gasteiger partial charge in [0.15, 0.2) is 0 Å². The molecule has 2 nitrogen and oxygen atoms in total. The summed E-state index contributed by atoms with van der Waals surface area (Å²) in [4.78, 5) is 0. The highest BCUT2D eigenvalue weighted by atomic mass is 16.5. The van der Waals surface area contributed by atoms with Crippen molar-refractivity contribution >= 4 is 0 Å². The van der Waals surface area contributed by atoms with Crippen molar-refractivity contribution in [1.82, 2.24) is 0 Å². The second kappa shape index (κ2) is 5.46. The van der Waals surface area contributed by atoms with E-state index in [4.69, 9.17) is 4.74 Å². The Hall–Kier alpha value is -0.860. The number of hydrogen-bond donors (Lipinski definition) is 1. The molecule has 1 aliphatic rings. The predicted octanol–water partition coefficient (Wildman–Crippen LogP) is 2.99. The van der Waals surface area contributed by atoms with E-state index in [-0.39, 0.29) is 12.2 Å². The second-order valence-electron chi connectivity index (χ2n) is 4.65. The molecule has 0 aliphatic carbocycles. The van der Waals surface area contributed by atoms with E-state index in [9.17, 15) is 5.11 Å². The third-order valence-electron chi connectivity index (χ3n) is 3.22. The summed E-state index contributed by atoms with van der Waals surface area (Å²) >= 11 is 0. The minimum Gasteiger partial charge on any atom is -0.388 e. The molecule has 1 N–H and O–H groups in total. The van der Waals surface area contributed by atoms with Gasteiger partial charge in [0.05, 0.1) is 12.2 Å². The van der Waals surface area contributed by atoms with E-state index in [2.05, 4.69) is 6.92 Å². The average molecular weight is 220 g/mol. The lowest BCUT2D eigenvalue weighted by Crippen LogP contribution is -2.21. The van der Waals surface area contributed by atoms with Gasteiger partial charge in [-0.1, -0.05) is 29.8 Å². The minimum absolute atomic E-state index is 0.241. The van der Waals surface area contributed by atoms with Crippen molar-refractivity contribution in [3.05, 3.63) is 35.4 Å². The van der Waals surface area contributed by atoms with Crippen molar-refractivity contribution < 1.29 is 9.84 Å². The van der Waals surface area contributed by atoms with Gasteiger partial charge in [-0.15, -0.1) is 0 Å². The van der Waals surface area contributed by atoms with Gasteiger partial charge < -0.3 is 9.84 Å². The fourth-order valence-corrected chi connectivity index (χ4v) is 2.17. The van der Waals surface area contributed by atoms with Gasteiger partial charge in [0.25, 0.3) is 0 Å². The molecule has 2 unspecified atom stereocenters. The Morgan fingerprint density at radius 2 is 2.06 bits per heavy atom. The van der Waals surface area contributed by atoms with Crippen molar-refractivity contribution in [3.63, 3.8) is 0 Å². The quantitative estimate of drug-likeness (QED) is 0.848. The maximum Gasteiger partial charge on any atom is 0.0814 e. The summed E-state index contributed by atoms with van der Waals surface area (Å²) in [6.45, 7) is 2.91. The number of rotatable bonds is 3. The van der Waals surface area contributed by atoms with Gasteiger partial charge in [-0.2, -0.15) is 0 Å². The fraction of sp³-hybridized carbons (Fsp3) is 0.571. The second-order valence-corrected chi connectivity index (χ2v) is 4.65. The van der Waals surface area contributed by atoms with Crippen LogP contribution < -0.4 is 0 Å². The molecule has 1 aliphatic heterocycles. The van der Waals surface area contributed by atoms with Gasteiger partial charge in [-0.3, -0.25) is 0 Å². The predicted molar refractivity (Wildman–Crippen MR) is 64.3 cm³/mol. The highest BCUT2D eigenvalue weighted by Crippen LogP contribution is 2.24. The zero-order valence-corrected chi connectivity index (χ0v) is 9.86. The number of aryl methyl sites for hydroxylation is 1. The Bertz CT molecular complexity index is 312. The summed E-state index contributed by atoms with van der Waals surface area (Å²) in [5.74, 6) is 0. The zero-order chi connectivity index (χ0) is 11.4. The van der Waals surface area contributed by atoms with Gasteiger partial charge in [0, 0.05) is 13.0 Å². The van der Waals surface area contributed by atoms with E-state index in [1.165, 1.54) is 12.0 Å². The first-order valence-electron chi connectivity index (χ1n) is 6.12. The van der Waals surface area contributed by atoms with Crippen LogP contribution in [0.2, 0.25) is 0 Å². The van der Waals surface area contributed by atoms with Gasteiger partial charge in [-0.05, 0) is 31.7 Å². The van der Waals surface area contributed by atoms with Crippen LogP contribution in [0.25, 0.3) is 0 Å². The van der Waals surface area contributed by atoms with Gasteiger partial charge >= 0.3 is 0 Å². The normalized spacial score (nSPS) is 23.0. The SMILES string of the molecule is Cc1ccc(C(O)CC2CCCCO2)cc1. The monoisotopic (exact) mass is 220 g/mol. The third kappa shape index (κ3) is 3.06. The van der Waals surface area contributed by atoms with Crippen molar-refractivity contribution in [2.45, 2.75) is 44.8 Å². The standard InChI is InChI=1S/C14H20O2/c1-11-5-7-12(8-6-11)14(15)10-13-4-2-3-9-16-13/h5-8,13-15H,2-4,9-10H2,1H3. The number of aliphatic hydroxyl groups is 1. The van der Waals surface area contributed by atoms with Crippen LogP contribution in [0.3, 0.4) is 0 Å². The van der Waals surface area contributed by atoms with Crippen molar-refractivity contribution in [1.29, 1.82) is 0 Å². The Balaban J connectivity index is 1.91. The van der Waals surface area contributed by atoms with Crippen molar-refractivity contribution in [2.75, 3.05) is 6.61 Å². The number of hydrogen-bond acceptors (Lipinski definition) is 2. The zero-order valence-electron chi connectivity index (χ0n) is 9.86.